The van der Waals surface area contributed by atoms with E-state index in [4.69, 9.17) is 17.0 Å². The van der Waals surface area contributed by atoms with E-state index < -0.39 is 0 Å². The third-order valence-corrected chi connectivity index (χ3v) is 2.35. The van der Waals surface area contributed by atoms with Crippen LogP contribution < -0.4 is 0 Å². The smallest absolute Gasteiger partial charge is 0.118 e. The fraction of sp³-hybridized carbons (Fsp3) is 0.182. The van der Waals surface area contributed by atoms with Crippen molar-refractivity contribution < 1.29 is 4.74 Å². The highest BCUT2D eigenvalue weighted by Crippen LogP contribution is 2.22. The van der Waals surface area contributed by atoms with Gasteiger partial charge in [0.2, 0.25) is 0 Å². The van der Waals surface area contributed by atoms with E-state index in [9.17, 15) is 0 Å². The van der Waals surface area contributed by atoms with E-state index >= 15 is 0 Å². The maximum atomic E-state index is 5.55. The first-order valence-corrected chi connectivity index (χ1v) is 4.66. The van der Waals surface area contributed by atoms with Gasteiger partial charge in [0.25, 0.3) is 0 Å². The lowest BCUT2D eigenvalue weighted by Crippen LogP contribution is -2.16. The van der Waals surface area contributed by atoms with Crippen LogP contribution in [0.1, 0.15) is 11.7 Å². The molecule has 0 radical (unpaired) electrons. The second-order valence-electron chi connectivity index (χ2n) is 2.93. The molecule has 1 heterocycles. The highest BCUT2D eigenvalue weighted by atomic mass is 32.1. The first-order valence-electron chi connectivity index (χ1n) is 4.25. The molecule has 0 bridgehead atoms. The number of hydrogen-bond donors (Lipinski definition) is 0. The third kappa shape index (κ3) is 1.85. The zero-order chi connectivity index (χ0) is 9.10. The van der Waals surface area contributed by atoms with Gasteiger partial charge in [-0.25, -0.2) is 0 Å². The summed E-state index contributed by atoms with van der Waals surface area (Å²) in [5.74, 6) is 0. The fourth-order valence-corrected chi connectivity index (χ4v) is 1.67. The van der Waals surface area contributed by atoms with Crippen molar-refractivity contribution in [3.63, 3.8) is 0 Å². The van der Waals surface area contributed by atoms with E-state index in [1.807, 2.05) is 42.5 Å². The van der Waals surface area contributed by atoms with Crippen molar-refractivity contribution in [2.45, 2.75) is 6.10 Å². The minimum Gasteiger partial charge on any atom is -0.364 e. The molecule has 1 aromatic rings. The van der Waals surface area contributed by atoms with E-state index in [0.717, 1.165) is 10.4 Å². The van der Waals surface area contributed by atoms with Crippen LogP contribution in [0.2, 0.25) is 0 Å². The molecule has 1 unspecified atom stereocenters. The Hall–Kier alpha value is -0.990. The molecular formula is C11H10OS. The number of hydrogen-bond acceptors (Lipinski definition) is 2. The van der Waals surface area contributed by atoms with E-state index in [0.29, 0.717) is 6.61 Å². The molecule has 0 aromatic heterocycles. The summed E-state index contributed by atoms with van der Waals surface area (Å²) in [6.45, 7) is 0.652. The Bertz CT molecular complexity index is 329. The van der Waals surface area contributed by atoms with E-state index in [2.05, 4.69) is 0 Å². The van der Waals surface area contributed by atoms with Crippen LogP contribution in [0.4, 0.5) is 0 Å². The van der Waals surface area contributed by atoms with Gasteiger partial charge >= 0.3 is 0 Å². The Balaban J connectivity index is 2.27. The first kappa shape index (κ1) is 8.60. The van der Waals surface area contributed by atoms with Gasteiger partial charge in [-0.3, -0.25) is 0 Å². The van der Waals surface area contributed by atoms with Crippen LogP contribution in [-0.4, -0.2) is 11.5 Å². The van der Waals surface area contributed by atoms with E-state index in [1.165, 1.54) is 0 Å². The van der Waals surface area contributed by atoms with Crippen molar-refractivity contribution in [3.8, 4) is 0 Å². The van der Waals surface area contributed by atoms with Crippen LogP contribution in [0.15, 0.2) is 42.5 Å². The highest BCUT2D eigenvalue weighted by Gasteiger charge is 2.17. The number of ether oxygens (including phenoxy) is 1. The largest absolute Gasteiger partial charge is 0.364 e. The zero-order valence-electron chi connectivity index (χ0n) is 7.14. The lowest BCUT2D eigenvalue weighted by Gasteiger charge is -2.19. The molecule has 0 spiro atoms. The van der Waals surface area contributed by atoms with Gasteiger partial charge in [-0.2, -0.15) is 0 Å². The molecule has 0 N–H and O–H groups in total. The molecule has 0 saturated carbocycles. The summed E-state index contributed by atoms with van der Waals surface area (Å²) >= 11 is 5.20. The molecule has 1 aliphatic rings. The van der Waals surface area contributed by atoms with E-state index in [-0.39, 0.29) is 6.10 Å². The molecule has 0 aliphatic carbocycles. The predicted molar refractivity (Wildman–Crippen MR) is 56.9 cm³/mol. The van der Waals surface area contributed by atoms with Crippen molar-refractivity contribution >= 4 is 17.1 Å². The number of thiocarbonyl (C=S) groups is 1. The quantitative estimate of drug-likeness (QED) is 0.630. The Kier molecular flexibility index (Phi) is 2.52. The average Bonchev–Trinajstić information content (AvgIpc) is 2.20. The Morgan fingerprint density at radius 2 is 2.00 bits per heavy atom. The van der Waals surface area contributed by atoms with Gasteiger partial charge in [0.15, 0.2) is 0 Å². The van der Waals surface area contributed by atoms with Gasteiger partial charge in [-0.15, -0.1) is 0 Å². The molecule has 2 heteroatoms. The standard InChI is InChI=1S/C11H10OS/c13-10-7-4-8-12-11(10)9-5-2-1-3-6-9/h1-7,11H,8H2. The van der Waals surface area contributed by atoms with Crippen LogP contribution >= 0.6 is 12.2 Å². The molecule has 1 atom stereocenters. The van der Waals surface area contributed by atoms with Gasteiger partial charge in [0.05, 0.1) is 6.61 Å². The number of rotatable bonds is 1. The molecule has 0 saturated heterocycles. The van der Waals surface area contributed by atoms with Crippen LogP contribution in [0, 0.1) is 0 Å². The zero-order valence-corrected chi connectivity index (χ0v) is 7.96. The minimum atomic E-state index is -0.0267. The maximum Gasteiger partial charge on any atom is 0.118 e. The SMILES string of the molecule is S=C1C=CCOC1c1ccccc1. The molecular weight excluding hydrogens is 180 g/mol. The van der Waals surface area contributed by atoms with Crippen LogP contribution in [0.5, 0.6) is 0 Å². The van der Waals surface area contributed by atoms with Crippen molar-refractivity contribution in [2.24, 2.45) is 0 Å². The van der Waals surface area contributed by atoms with Gasteiger partial charge < -0.3 is 4.74 Å². The predicted octanol–water partition coefficient (Wildman–Crippen LogP) is 2.68. The summed E-state index contributed by atoms with van der Waals surface area (Å²) in [7, 11) is 0. The van der Waals surface area contributed by atoms with Crippen LogP contribution in [0.25, 0.3) is 0 Å². The van der Waals surface area contributed by atoms with Gasteiger partial charge in [-0.05, 0) is 11.6 Å². The normalized spacial score (nSPS) is 21.8. The van der Waals surface area contributed by atoms with Crippen LogP contribution in [-0.2, 0) is 4.74 Å². The minimum absolute atomic E-state index is 0.0267. The second-order valence-corrected chi connectivity index (χ2v) is 3.40. The van der Waals surface area contributed by atoms with Crippen molar-refractivity contribution in [1.82, 2.24) is 0 Å². The molecule has 66 valence electrons. The molecule has 0 fully saturated rings. The maximum absolute atomic E-state index is 5.55. The molecule has 13 heavy (non-hydrogen) atoms. The average molecular weight is 190 g/mol. The lowest BCUT2D eigenvalue weighted by atomic mass is 10.1. The summed E-state index contributed by atoms with van der Waals surface area (Å²) in [6.07, 6.45) is 3.87. The Morgan fingerprint density at radius 3 is 2.69 bits per heavy atom. The highest BCUT2D eigenvalue weighted by molar-refractivity contribution is 7.80. The lowest BCUT2D eigenvalue weighted by molar-refractivity contribution is 0.122. The third-order valence-electron chi connectivity index (χ3n) is 2.00. The summed E-state index contributed by atoms with van der Waals surface area (Å²) in [5.41, 5.74) is 1.14. The van der Waals surface area contributed by atoms with Crippen molar-refractivity contribution in [1.29, 1.82) is 0 Å². The topological polar surface area (TPSA) is 9.23 Å². The fourth-order valence-electron chi connectivity index (χ4n) is 1.37. The van der Waals surface area contributed by atoms with Crippen molar-refractivity contribution in [3.05, 3.63) is 48.0 Å². The first-order chi connectivity index (χ1) is 6.38. The van der Waals surface area contributed by atoms with Crippen molar-refractivity contribution in [2.75, 3.05) is 6.61 Å². The van der Waals surface area contributed by atoms with Crippen LogP contribution in [0.3, 0.4) is 0 Å². The van der Waals surface area contributed by atoms with E-state index in [1.54, 1.807) is 0 Å². The molecule has 1 aromatic carbocycles. The summed E-state index contributed by atoms with van der Waals surface area (Å²) in [5, 5.41) is 0. The van der Waals surface area contributed by atoms with Gasteiger partial charge in [0.1, 0.15) is 6.10 Å². The molecule has 0 amide bonds. The van der Waals surface area contributed by atoms with Gasteiger partial charge in [-0.1, -0.05) is 48.6 Å². The number of benzene rings is 1. The summed E-state index contributed by atoms with van der Waals surface area (Å²) in [4.78, 5) is 0.859. The molecule has 1 nitrogen and oxygen atoms in total. The Labute approximate surface area is 83.0 Å². The summed E-state index contributed by atoms with van der Waals surface area (Å²) < 4.78 is 5.55. The second kappa shape index (κ2) is 3.81. The Morgan fingerprint density at radius 1 is 1.23 bits per heavy atom. The van der Waals surface area contributed by atoms with Gasteiger partial charge in [0, 0.05) is 4.86 Å². The summed E-state index contributed by atoms with van der Waals surface area (Å²) in [6, 6.07) is 10.1. The monoisotopic (exact) mass is 190 g/mol. The molecule has 1 aliphatic heterocycles. The molecule has 2 rings (SSSR count).